The number of fused-ring (bicyclic) bond motifs is 1. The van der Waals surface area contributed by atoms with Crippen LogP contribution in [0.2, 0.25) is 0 Å². The fourth-order valence-electron chi connectivity index (χ4n) is 4.94. The summed E-state index contributed by atoms with van der Waals surface area (Å²) in [6, 6.07) is 16.2. The average molecular weight is 419 g/mol. The largest absolute Gasteiger partial charge is 0.489 e. The average Bonchev–Trinajstić information content (AvgIpc) is 3.03. The lowest BCUT2D eigenvalue weighted by Gasteiger charge is -2.38. The number of carbonyl (C=O) groups excluding carboxylic acids is 3. The first-order chi connectivity index (χ1) is 15.1. The van der Waals surface area contributed by atoms with Crippen molar-refractivity contribution >= 4 is 23.5 Å². The van der Waals surface area contributed by atoms with Crippen LogP contribution in [0, 0.1) is 0 Å². The molecule has 2 aromatic carbocycles. The lowest BCUT2D eigenvalue weighted by molar-refractivity contribution is -0.135. The van der Waals surface area contributed by atoms with E-state index in [1.807, 2.05) is 54.6 Å². The third kappa shape index (κ3) is 3.34. The van der Waals surface area contributed by atoms with Gasteiger partial charge in [-0.05, 0) is 30.5 Å². The zero-order valence-electron chi connectivity index (χ0n) is 17.3. The maximum absolute atomic E-state index is 13.6. The van der Waals surface area contributed by atoms with Gasteiger partial charge in [-0.1, -0.05) is 61.7 Å². The molecule has 1 spiro atoms. The number of nitrogens with zero attached hydrogens (tertiary/aromatic N) is 2. The standard InChI is InChI=1S/C24H25N3O4/c28-21(15-26-22(29)24(25-23(26)30)13-7-2-8-14-24)27-18-11-5-6-12-20(18)31-16-19(27)17-9-3-1-4-10-17/h1,3-6,9-12,19H,2,7-8,13-16H2,(H,25,30)/t19-/m1/s1. The SMILES string of the molecule is O=C1NC2(CCCCC2)C(=O)N1CC(=O)N1c2ccccc2OC[C@@H]1c1ccccc1. The van der Waals surface area contributed by atoms with Gasteiger partial charge >= 0.3 is 6.03 Å². The van der Waals surface area contributed by atoms with Gasteiger partial charge < -0.3 is 10.1 Å². The summed E-state index contributed by atoms with van der Waals surface area (Å²) in [4.78, 5) is 42.1. The van der Waals surface area contributed by atoms with Gasteiger partial charge in [0.15, 0.2) is 0 Å². The lowest BCUT2D eigenvalue weighted by atomic mass is 9.82. The topological polar surface area (TPSA) is 79.0 Å². The Bertz CT molecular complexity index is 1020. The second-order valence-corrected chi connectivity index (χ2v) is 8.43. The molecule has 1 atom stereocenters. The van der Waals surface area contributed by atoms with Crippen LogP contribution in [-0.4, -0.2) is 41.4 Å². The molecule has 7 nitrogen and oxygen atoms in total. The lowest BCUT2D eigenvalue weighted by Crippen LogP contribution is -2.50. The molecular formula is C24H25N3O4. The molecule has 2 fully saturated rings. The van der Waals surface area contributed by atoms with E-state index in [-0.39, 0.29) is 24.4 Å². The predicted molar refractivity (Wildman–Crippen MR) is 115 cm³/mol. The molecule has 0 unspecified atom stereocenters. The molecule has 5 rings (SSSR count). The number of hydrogen-bond acceptors (Lipinski definition) is 4. The Balaban J connectivity index is 1.45. The first kappa shape index (κ1) is 19.6. The number of amides is 4. The van der Waals surface area contributed by atoms with E-state index in [0.29, 0.717) is 30.9 Å². The van der Waals surface area contributed by atoms with Gasteiger partial charge in [-0.3, -0.25) is 19.4 Å². The Morgan fingerprint density at radius 1 is 1.00 bits per heavy atom. The number of anilines is 1. The van der Waals surface area contributed by atoms with Gasteiger partial charge in [0.2, 0.25) is 5.91 Å². The van der Waals surface area contributed by atoms with Crippen LogP contribution in [0.25, 0.3) is 0 Å². The minimum atomic E-state index is -0.836. The molecule has 3 aliphatic rings. The first-order valence-corrected chi connectivity index (χ1v) is 10.8. The minimum Gasteiger partial charge on any atom is -0.489 e. The third-order valence-electron chi connectivity index (χ3n) is 6.53. The van der Waals surface area contributed by atoms with Crippen LogP contribution >= 0.6 is 0 Å². The van der Waals surface area contributed by atoms with E-state index in [9.17, 15) is 14.4 Å². The van der Waals surface area contributed by atoms with Gasteiger partial charge in [0.25, 0.3) is 5.91 Å². The zero-order chi connectivity index (χ0) is 21.4. The fraction of sp³-hybridized carbons (Fsp3) is 0.375. The van der Waals surface area contributed by atoms with E-state index >= 15 is 0 Å². The van der Waals surface area contributed by atoms with E-state index in [4.69, 9.17) is 4.74 Å². The molecule has 4 amide bonds. The van der Waals surface area contributed by atoms with Crippen molar-refractivity contribution in [1.29, 1.82) is 0 Å². The Kier molecular flexibility index (Phi) is 4.88. The van der Waals surface area contributed by atoms with E-state index < -0.39 is 11.6 Å². The molecule has 1 N–H and O–H groups in total. The summed E-state index contributed by atoms with van der Waals surface area (Å²) in [7, 11) is 0. The van der Waals surface area contributed by atoms with Gasteiger partial charge in [0.05, 0.1) is 11.7 Å². The highest BCUT2D eigenvalue weighted by atomic mass is 16.5. The summed E-state index contributed by atoms with van der Waals surface area (Å²) in [6.07, 6.45) is 4.14. The van der Waals surface area contributed by atoms with Gasteiger partial charge in [-0.2, -0.15) is 0 Å². The van der Waals surface area contributed by atoms with Crippen LogP contribution in [0.1, 0.15) is 43.7 Å². The van der Waals surface area contributed by atoms with Crippen molar-refractivity contribution in [2.45, 2.75) is 43.7 Å². The molecule has 1 aliphatic carbocycles. The van der Waals surface area contributed by atoms with E-state index in [2.05, 4.69) is 5.32 Å². The Morgan fingerprint density at radius 2 is 1.71 bits per heavy atom. The number of benzene rings is 2. The Hall–Kier alpha value is -3.35. The highest BCUT2D eigenvalue weighted by molar-refractivity contribution is 6.10. The number of carbonyl (C=O) groups is 3. The second-order valence-electron chi connectivity index (χ2n) is 8.43. The van der Waals surface area contributed by atoms with Crippen LogP contribution in [-0.2, 0) is 9.59 Å². The first-order valence-electron chi connectivity index (χ1n) is 10.8. The van der Waals surface area contributed by atoms with Gasteiger partial charge in [0, 0.05) is 0 Å². The summed E-state index contributed by atoms with van der Waals surface area (Å²) < 4.78 is 5.92. The van der Waals surface area contributed by atoms with Gasteiger partial charge in [-0.25, -0.2) is 4.79 Å². The molecule has 2 heterocycles. The Labute approximate surface area is 181 Å². The summed E-state index contributed by atoms with van der Waals surface area (Å²) in [5.74, 6) is 0.0355. The van der Waals surface area contributed by atoms with Crippen molar-refractivity contribution in [3.63, 3.8) is 0 Å². The molecule has 0 radical (unpaired) electrons. The van der Waals surface area contributed by atoms with Crippen molar-refractivity contribution in [3.05, 3.63) is 60.2 Å². The van der Waals surface area contributed by atoms with Crippen molar-refractivity contribution < 1.29 is 19.1 Å². The monoisotopic (exact) mass is 419 g/mol. The van der Waals surface area contributed by atoms with Crippen molar-refractivity contribution in [1.82, 2.24) is 10.2 Å². The van der Waals surface area contributed by atoms with Crippen molar-refractivity contribution in [2.24, 2.45) is 0 Å². The molecular weight excluding hydrogens is 394 g/mol. The van der Waals surface area contributed by atoms with Crippen LogP contribution in [0.15, 0.2) is 54.6 Å². The highest BCUT2D eigenvalue weighted by Crippen LogP contribution is 2.40. The molecule has 2 aliphatic heterocycles. The maximum atomic E-state index is 13.6. The second kappa shape index (κ2) is 7.72. The molecule has 7 heteroatoms. The number of imide groups is 1. The smallest absolute Gasteiger partial charge is 0.325 e. The molecule has 160 valence electrons. The molecule has 0 aromatic heterocycles. The number of para-hydroxylation sites is 2. The molecule has 1 saturated carbocycles. The minimum absolute atomic E-state index is 0.275. The van der Waals surface area contributed by atoms with E-state index in [1.165, 1.54) is 0 Å². The van der Waals surface area contributed by atoms with Gasteiger partial charge in [-0.15, -0.1) is 0 Å². The maximum Gasteiger partial charge on any atom is 0.325 e. The molecule has 1 saturated heterocycles. The van der Waals surface area contributed by atoms with Gasteiger partial charge in [0.1, 0.15) is 24.4 Å². The Morgan fingerprint density at radius 3 is 2.48 bits per heavy atom. The predicted octanol–water partition coefficient (Wildman–Crippen LogP) is 3.41. The number of rotatable bonds is 3. The summed E-state index contributed by atoms with van der Waals surface area (Å²) in [5.41, 5.74) is 0.746. The van der Waals surface area contributed by atoms with Crippen LogP contribution < -0.4 is 15.0 Å². The van der Waals surface area contributed by atoms with Crippen LogP contribution in [0.3, 0.4) is 0 Å². The third-order valence-corrected chi connectivity index (χ3v) is 6.53. The van der Waals surface area contributed by atoms with Crippen LogP contribution in [0.4, 0.5) is 10.5 Å². The van der Waals surface area contributed by atoms with Crippen LogP contribution in [0.5, 0.6) is 5.75 Å². The van der Waals surface area contributed by atoms with E-state index in [1.54, 1.807) is 4.90 Å². The zero-order valence-corrected chi connectivity index (χ0v) is 17.3. The van der Waals surface area contributed by atoms with Crippen molar-refractivity contribution in [3.8, 4) is 5.75 Å². The summed E-state index contributed by atoms with van der Waals surface area (Å²) in [5, 5.41) is 2.88. The number of urea groups is 1. The number of hydrogen-bond donors (Lipinski definition) is 1. The highest BCUT2D eigenvalue weighted by Gasteiger charge is 2.52. The number of nitrogens with one attached hydrogen (secondary N) is 1. The fourth-order valence-corrected chi connectivity index (χ4v) is 4.94. The molecule has 0 bridgehead atoms. The molecule has 2 aromatic rings. The normalized spacial score (nSPS) is 22.1. The van der Waals surface area contributed by atoms with E-state index in [0.717, 1.165) is 29.7 Å². The van der Waals surface area contributed by atoms with Crippen molar-refractivity contribution in [2.75, 3.05) is 18.1 Å². The molecule has 31 heavy (non-hydrogen) atoms. The quantitative estimate of drug-likeness (QED) is 0.774. The number of ether oxygens (including phenoxy) is 1. The summed E-state index contributed by atoms with van der Waals surface area (Å²) >= 11 is 0. The summed E-state index contributed by atoms with van der Waals surface area (Å²) in [6.45, 7) is 0.0148.